The second-order valence-corrected chi connectivity index (χ2v) is 46.4. The summed E-state index contributed by atoms with van der Waals surface area (Å²) < 4.78 is 15.0. The molecule has 0 bridgehead atoms. The topological polar surface area (TPSA) is 430 Å². The van der Waals surface area contributed by atoms with E-state index >= 15 is 4.39 Å². The number of likely N-dealkylation sites (tertiary alicyclic amines) is 4. The Morgan fingerprint density at radius 1 is 0.386 bits per heavy atom. The van der Waals surface area contributed by atoms with Gasteiger partial charge in [-0.25, -0.2) is 44.3 Å². The fourth-order valence-corrected chi connectivity index (χ4v) is 23.0. The van der Waals surface area contributed by atoms with E-state index in [4.69, 9.17) is 0 Å². The number of carbonyl (C=O) groups excluding carboxylic acids is 8. The molecular formula is C103H145FN20O12S4. The van der Waals surface area contributed by atoms with Gasteiger partial charge in [0.05, 0.1) is 48.0 Å². The highest BCUT2D eigenvalue weighted by Crippen LogP contribution is 2.43. The van der Waals surface area contributed by atoms with Crippen molar-refractivity contribution in [2.24, 2.45) is 5.92 Å². The van der Waals surface area contributed by atoms with Crippen LogP contribution in [0.5, 0.6) is 0 Å². The molecule has 37 heteroatoms. The van der Waals surface area contributed by atoms with E-state index in [9.17, 15) is 58.8 Å². The van der Waals surface area contributed by atoms with Gasteiger partial charge in [0.1, 0.15) is 51.7 Å². The lowest BCUT2D eigenvalue weighted by atomic mass is 9.83. The fraction of sp³-hybridized carbons (Fsp3) is 0.612. The minimum absolute atomic E-state index is 0.0583. The van der Waals surface area contributed by atoms with Crippen LogP contribution in [-0.4, -0.2) is 256 Å². The van der Waals surface area contributed by atoms with Gasteiger partial charge in [-0.05, 0) is 280 Å². The first-order valence-corrected chi connectivity index (χ1v) is 53.3. The lowest BCUT2D eigenvalue weighted by Crippen LogP contribution is -2.43. The molecule has 32 nitrogen and oxygen atoms in total. The number of rotatable bonds is 29. The summed E-state index contributed by atoms with van der Waals surface area (Å²) in [7, 11) is 0. The van der Waals surface area contributed by atoms with Crippen molar-refractivity contribution < 1.29 is 63.2 Å². The summed E-state index contributed by atoms with van der Waals surface area (Å²) in [6.45, 7) is 35.9. The van der Waals surface area contributed by atoms with E-state index in [1.165, 1.54) is 79.0 Å². The lowest BCUT2D eigenvalue weighted by Gasteiger charge is -2.35. The van der Waals surface area contributed by atoms with E-state index in [0.717, 1.165) is 164 Å². The van der Waals surface area contributed by atoms with E-state index in [-0.39, 0.29) is 106 Å². The summed E-state index contributed by atoms with van der Waals surface area (Å²) in [5.41, 5.74) is 2.57. The number of thiazole rings is 4. The molecule has 4 aliphatic carbocycles. The highest BCUT2D eigenvalue weighted by Gasteiger charge is 2.41. The number of nitrogens with one attached hydrogen (secondary N) is 8. The number of alkyl halides is 1. The molecule has 8 fully saturated rings. The van der Waals surface area contributed by atoms with Crippen molar-refractivity contribution in [1.29, 1.82) is 0 Å². The maximum Gasteiger partial charge on any atom is 0.280 e. The summed E-state index contributed by atoms with van der Waals surface area (Å²) in [5.74, 6) is 1.51. The number of aliphatic hydroxyl groups is 4. The van der Waals surface area contributed by atoms with E-state index < -0.39 is 51.7 Å². The van der Waals surface area contributed by atoms with Gasteiger partial charge in [0, 0.05) is 142 Å². The predicted octanol–water partition coefficient (Wildman–Crippen LogP) is 16.9. The largest absolute Gasteiger partial charge is 0.389 e. The number of hydrogen-bond donors (Lipinski definition) is 12. The Morgan fingerprint density at radius 2 is 0.650 bits per heavy atom. The van der Waals surface area contributed by atoms with E-state index in [0.29, 0.717) is 105 Å². The average molecular weight is 2000 g/mol. The fourth-order valence-electron chi connectivity index (χ4n) is 18.8. The first-order valence-electron chi connectivity index (χ1n) is 50.1. The SMILES string of the molecule is Cc1cc(NC2CCCC2)ncc1-c1sc(C(=O)NCC(C)(C)O)nc1C(=O)N1CCC[C@@H]1C.Cc1cc(NC2CCCCC2)ncc1-c1sc(C(=O)NCC(C)(C)O)nc1C(=O)N1CCC[C@@H]1C.Cc1cc(N[C@@H](C)C2CC2)ncc1-c1sc(C(=O)NCC(C)(C)O)nc1C(=O)N1CCC[C@@H]1C.Cc1cc(N[C@@H]2CCCCC2(C)F)ncc1-c1sc(C(=O)NCC(C)(C)O)nc1C(=O)N1CCC[C@@H]1C. The standard InChI is InChI=1S/C27H38FN5O3S.C26H37N5O3S.2C25H35N5O3S/c1-16-13-20(31-19-10-6-7-11-27(19,5)28)29-14-18(16)22-21(25(35)33-12-8-9-17(33)2)32-24(37-22)23(34)30-15-26(3,4)36;1-16-13-20(29-18-10-6-5-7-11-18)27-14-19(16)22-21(25(33)31-12-8-9-17(31)2)30-24(35-22)23(32)28-15-26(3,4)34;1-14-11-19(28-16(3)17-8-9-17)26-12-18(14)21-20(24(32)30-10-6-7-15(30)2)29-23(34-21)22(31)27-13-25(4,5)33;1-15-12-19(28-17-9-5-6-10-17)26-13-18(15)21-20(24(32)30-11-7-8-16(30)2)29-23(34-21)22(31)27-14-25(3,4)33/h13-14,17,19,36H,6-12,15H2,1-5H3,(H,29,31)(H,30,34);13-14,17-18,34H,5-12,15H2,1-4H3,(H,27,29)(H,28,32);11-12,15-17,33H,6-10,13H2,1-5H3,(H,26,28)(H,27,31);12-13,16-17,33H,5-11,14H2,1-4H3,(H,26,28)(H,27,31)/t17-,19+,27?;17-;15-,16-;16-/m0000/s1. The molecule has 4 aliphatic heterocycles. The van der Waals surface area contributed by atoms with E-state index in [1.54, 1.807) is 92.0 Å². The van der Waals surface area contributed by atoms with Crippen LogP contribution in [0.3, 0.4) is 0 Å². The maximum absolute atomic E-state index is 15.0. The molecule has 8 amide bonds. The maximum atomic E-state index is 15.0. The molecular weight excluding hydrogens is 1860 g/mol. The summed E-state index contributed by atoms with van der Waals surface area (Å²) >= 11 is 4.74. The van der Waals surface area contributed by atoms with Crippen LogP contribution in [0.2, 0.25) is 0 Å². The van der Waals surface area contributed by atoms with Gasteiger partial charge in [-0.2, -0.15) is 0 Å². The van der Waals surface area contributed by atoms with Crippen LogP contribution in [0.4, 0.5) is 27.7 Å². The van der Waals surface area contributed by atoms with Crippen molar-refractivity contribution in [2.45, 2.75) is 349 Å². The molecule has 16 rings (SSSR count). The summed E-state index contributed by atoms with van der Waals surface area (Å²) in [5, 5.41) is 65.4. The number of pyridine rings is 4. The first kappa shape index (κ1) is 107. The molecule has 8 aromatic rings. The Labute approximate surface area is 838 Å². The predicted molar refractivity (Wildman–Crippen MR) is 551 cm³/mol. The number of amides is 8. The third kappa shape index (κ3) is 28.3. The zero-order chi connectivity index (χ0) is 101. The van der Waals surface area contributed by atoms with Gasteiger partial charge in [0.25, 0.3) is 47.3 Å². The zero-order valence-electron chi connectivity index (χ0n) is 84.7. The molecule has 140 heavy (non-hydrogen) atoms. The molecule has 1 unspecified atom stereocenters. The molecule has 0 radical (unpaired) electrons. The van der Waals surface area contributed by atoms with Crippen LogP contribution in [0, 0.1) is 33.6 Å². The molecule has 8 aliphatic rings. The Hall–Kier alpha value is -10.2. The number of carbonyl (C=O) groups is 8. The van der Waals surface area contributed by atoms with Crippen LogP contribution in [0.15, 0.2) is 49.1 Å². The molecule has 0 aromatic carbocycles. The van der Waals surface area contributed by atoms with Crippen LogP contribution >= 0.6 is 45.3 Å². The third-order valence-corrected chi connectivity index (χ3v) is 31.7. The Balaban J connectivity index is 0.000000157. The van der Waals surface area contributed by atoms with Crippen molar-refractivity contribution in [3.63, 3.8) is 0 Å². The lowest BCUT2D eigenvalue weighted by molar-refractivity contribution is 0.0692. The molecule has 760 valence electrons. The number of aryl methyl sites for hydroxylation is 4. The summed E-state index contributed by atoms with van der Waals surface area (Å²) in [6, 6.07) is 9.40. The van der Waals surface area contributed by atoms with Crippen molar-refractivity contribution in [3.8, 4) is 41.8 Å². The van der Waals surface area contributed by atoms with Crippen LogP contribution in [0.25, 0.3) is 41.8 Å². The van der Waals surface area contributed by atoms with Gasteiger partial charge >= 0.3 is 0 Å². The molecule has 4 saturated carbocycles. The highest BCUT2D eigenvalue weighted by molar-refractivity contribution is 7.18. The molecule has 8 aromatic heterocycles. The van der Waals surface area contributed by atoms with Crippen LogP contribution in [0.1, 0.15) is 348 Å². The van der Waals surface area contributed by atoms with Crippen LogP contribution < -0.4 is 42.5 Å². The van der Waals surface area contributed by atoms with Gasteiger partial charge in [0.2, 0.25) is 0 Å². The molecule has 4 saturated heterocycles. The molecule has 7 atom stereocenters. The smallest absolute Gasteiger partial charge is 0.280 e. The quantitative estimate of drug-likeness (QED) is 0.0207. The van der Waals surface area contributed by atoms with Gasteiger partial charge < -0.3 is 82.6 Å². The Morgan fingerprint density at radius 3 is 0.907 bits per heavy atom. The van der Waals surface area contributed by atoms with Gasteiger partial charge in [0.15, 0.2) is 20.0 Å². The minimum atomic E-state index is -1.29. The van der Waals surface area contributed by atoms with Crippen molar-refractivity contribution >= 4 is 116 Å². The second kappa shape index (κ2) is 46.1. The normalized spacial score (nSPS) is 20.5. The molecule has 12 heterocycles. The van der Waals surface area contributed by atoms with Crippen LogP contribution in [-0.2, 0) is 0 Å². The molecule has 0 spiro atoms. The Bertz CT molecular complexity index is 5580. The average Bonchev–Trinajstić information content (AvgIpc) is 1.66. The summed E-state index contributed by atoms with van der Waals surface area (Å²) in [4.78, 5) is 152. The van der Waals surface area contributed by atoms with Gasteiger partial charge in [-0.3, -0.25) is 38.4 Å². The number of aromatic nitrogens is 8. The number of anilines is 4. The monoisotopic (exact) mass is 2000 g/mol. The summed E-state index contributed by atoms with van der Waals surface area (Å²) in [6.07, 6.45) is 31.2. The molecule has 12 N–H and O–H groups in total. The van der Waals surface area contributed by atoms with Crippen molar-refractivity contribution in [1.82, 2.24) is 80.7 Å². The third-order valence-electron chi connectivity index (χ3n) is 27.3. The number of halogens is 1. The highest BCUT2D eigenvalue weighted by atomic mass is 32.1. The van der Waals surface area contributed by atoms with E-state index in [2.05, 4.69) is 89.3 Å². The first-order chi connectivity index (χ1) is 66.1. The number of hydrogen-bond acceptors (Lipinski definition) is 28. The van der Waals surface area contributed by atoms with Crippen molar-refractivity contribution in [2.75, 3.05) is 73.6 Å². The van der Waals surface area contributed by atoms with Gasteiger partial charge in [-0.15, -0.1) is 45.3 Å². The van der Waals surface area contributed by atoms with Gasteiger partial charge in [-0.1, -0.05) is 44.9 Å². The Kier molecular flexibility index (Phi) is 35.2. The van der Waals surface area contributed by atoms with Crippen molar-refractivity contribution in [3.05, 3.63) is 114 Å². The van der Waals surface area contributed by atoms with E-state index in [1.807, 2.05) is 94.4 Å². The zero-order valence-corrected chi connectivity index (χ0v) is 87.9. The second-order valence-electron chi connectivity index (χ2n) is 42.4. The number of nitrogens with zero attached hydrogens (tertiary/aromatic N) is 12. The minimum Gasteiger partial charge on any atom is -0.389 e.